The van der Waals surface area contributed by atoms with E-state index < -0.39 is 11.7 Å². The molecule has 0 aliphatic heterocycles. The fraction of sp³-hybridized carbons (Fsp3) is 0.357. The van der Waals surface area contributed by atoms with Crippen LogP contribution in [0.15, 0.2) is 28.0 Å². The third kappa shape index (κ3) is 4.41. The Balaban J connectivity index is 0.00000109. The quantitative estimate of drug-likeness (QED) is 0.656. The molecule has 0 bridgehead atoms. The molecule has 1 N–H and O–H groups in total. The minimum atomic E-state index is -4.44. The second-order valence-corrected chi connectivity index (χ2v) is 6.66. The first-order chi connectivity index (χ1) is 11.9. The molecule has 0 amide bonds. The molecule has 0 saturated carbocycles. The predicted molar refractivity (Wildman–Crippen MR) is 91.7 cm³/mol. The Labute approximate surface area is 150 Å². The van der Waals surface area contributed by atoms with E-state index in [2.05, 4.69) is 20.4 Å². The average molecular weight is 391 g/mol. The molecule has 3 aromatic rings. The van der Waals surface area contributed by atoms with Gasteiger partial charge in [-0.05, 0) is 17.8 Å². The number of alkyl halides is 3. The molecule has 0 unspecified atom stereocenters. The number of anilines is 1. The lowest BCUT2D eigenvalue weighted by Crippen LogP contribution is -2.05. The van der Waals surface area contributed by atoms with E-state index in [0.717, 1.165) is 12.3 Å². The highest BCUT2D eigenvalue weighted by Crippen LogP contribution is 2.35. The van der Waals surface area contributed by atoms with E-state index in [1.165, 1.54) is 30.2 Å². The largest absolute Gasteiger partial charge is 0.417 e. The van der Waals surface area contributed by atoms with Gasteiger partial charge >= 0.3 is 6.18 Å². The van der Waals surface area contributed by atoms with Crippen molar-refractivity contribution >= 4 is 39.3 Å². The van der Waals surface area contributed by atoms with Crippen molar-refractivity contribution < 1.29 is 18.0 Å². The van der Waals surface area contributed by atoms with Crippen LogP contribution in [0, 0.1) is 0 Å². The molecular formula is C14H16F3N5OS2. The Morgan fingerprint density at radius 2 is 1.96 bits per heavy atom. The molecule has 0 spiro atoms. The summed E-state index contributed by atoms with van der Waals surface area (Å²) in [6, 6.07) is 0.992. The van der Waals surface area contributed by atoms with E-state index in [1.807, 2.05) is 13.8 Å². The molecule has 0 atom stereocenters. The Hall–Kier alpha value is -1.85. The molecule has 0 aliphatic carbocycles. The maximum atomic E-state index is 12.7. The molecule has 0 aliphatic rings. The number of aromatic nitrogens is 4. The predicted octanol–water partition coefficient (Wildman–Crippen LogP) is 4.59. The summed E-state index contributed by atoms with van der Waals surface area (Å²) < 4.78 is 40.5. The number of pyridine rings is 1. The minimum absolute atomic E-state index is 0.191. The van der Waals surface area contributed by atoms with Gasteiger partial charge in [0, 0.05) is 13.2 Å². The van der Waals surface area contributed by atoms with Gasteiger partial charge in [-0.1, -0.05) is 25.2 Å². The molecule has 0 fully saturated rings. The molecule has 136 valence electrons. The molecule has 3 heterocycles. The van der Waals surface area contributed by atoms with Gasteiger partial charge in [0.2, 0.25) is 0 Å². The van der Waals surface area contributed by atoms with Gasteiger partial charge in [-0.2, -0.15) is 13.2 Å². The van der Waals surface area contributed by atoms with Crippen LogP contribution < -0.4 is 5.48 Å². The van der Waals surface area contributed by atoms with Gasteiger partial charge in [0.25, 0.3) is 0 Å². The summed E-state index contributed by atoms with van der Waals surface area (Å²) >= 11 is 2.58. The Bertz CT molecular complexity index is 847. The topological polar surface area (TPSA) is 64.9 Å². The lowest BCUT2D eigenvalue weighted by atomic mass is 10.2. The smallest absolute Gasteiger partial charge is 0.306 e. The molecular weight excluding hydrogens is 375 g/mol. The zero-order valence-electron chi connectivity index (χ0n) is 13.9. The van der Waals surface area contributed by atoms with Gasteiger partial charge in [0.1, 0.15) is 10.5 Å². The molecule has 0 radical (unpaired) electrons. The Kier molecular flexibility index (Phi) is 6.25. The number of halogens is 3. The van der Waals surface area contributed by atoms with Gasteiger partial charge in [0.05, 0.1) is 18.9 Å². The second kappa shape index (κ2) is 8.02. The van der Waals surface area contributed by atoms with Crippen LogP contribution in [0.5, 0.6) is 0 Å². The van der Waals surface area contributed by atoms with Gasteiger partial charge in [0.15, 0.2) is 15.1 Å². The molecule has 3 rings (SSSR count). The number of thiazole rings is 1. The van der Waals surface area contributed by atoms with Crippen LogP contribution in [0.4, 0.5) is 18.2 Å². The van der Waals surface area contributed by atoms with Crippen LogP contribution >= 0.6 is 23.1 Å². The molecule has 25 heavy (non-hydrogen) atoms. The number of imidazole rings is 1. The third-order valence-corrected chi connectivity index (χ3v) is 4.88. The highest BCUT2D eigenvalue weighted by atomic mass is 32.2. The maximum absolute atomic E-state index is 12.7. The number of nitrogens with zero attached hydrogens (tertiary/aromatic N) is 4. The fourth-order valence-electron chi connectivity index (χ4n) is 1.83. The lowest BCUT2D eigenvalue weighted by Gasteiger charge is -2.05. The SMILES string of the molecule is CC.CONc1cnc(Sc2nc3cc(C(F)(F)F)cnc3n2C)s1. The van der Waals surface area contributed by atoms with Crippen molar-refractivity contribution in [1.82, 2.24) is 19.5 Å². The van der Waals surface area contributed by atoms with E-state index in [-0.39, 0.29) is 5.52 Å². The van der Waals surface area contributed by atoms with Crippen molar-refractivity contribution in [2.45, 2.75) is 29.5 Å². The van der Waals surface area contributed by atoms with E-state index in [0.29, 0.717) is 20.1 Å². The average Bonchev–Trinajstić information content (AvgIpc) is 3.14. The highest BCUT2D eigenvalue weighted by molar-refractivity contribution is 8.01. The van der Waals surface area contributed by atoms with Crippen molar-refractivity contribution in [3.8, 4) is 0 Å². The van der Waals surface area contributed by atoms with Crippen molar-refractivity contribution in [2.24, 2.45) is 7.05 Å². The number of nitrogens with one attached hydrogen (secondary N) is 1. The number of hydrogen-bond acceptors (Lipinski definition) is 7. The summed E-state index contributed by atoms with van der Waals surface area (Å²) in [6.07, 6.45) is -2.04. The summed E-state index contributed by atoms with van der Waals surface area (Å²) in [7, 11) is 3.18. The summed E-state index contributed by atoms with van der Waals surface area (Å²) in [5.74, 6) is 0. The van der Waals surface area contributed by atoms with Gasteiger partial charge in [-0.3, -0.25) is 10.3 Å². The number of rotatable bonds is 4. The zero-order chi connectivity index (χ0) is 18.6. The van der Waals surface area contributed by atoms with Crippen LogP contribution in [-0.2, 0) is 18.1 Å². The highest BCUT2D eigenvalue weighted by Gasteiger charge is 2.31. The molecule has 3 aromatic heterocycles. The molecule has 11 heteroatoms. The van der Waals surface area contributed by atoms with Crippen LogP contribution in [0.2, 0.25) is 0 Å². The van der Waals surface area contributed by atoms with Gasteiger partial charge < -0.3 is 4.57 Å². The van der Waals surface area contributed by atoms with E-state index in [9.17, 15) is 13.2 Å². The first-order valence-corrected chi connectivity index (χ1v) is 8.84. The van der Waals surface area contributed by atoms with Crippen molar-refractivity contribution in [3.05, 3.63) is 24.0 Å². The number of aryl methyl sites for hydroxylation is 1. The monoisotopic (exact) mass is 391 g/mol. The number of fused-ring (bicyclic) bond motifs is 1. The second-order valence-electron chi connectivity index (χ2n) is 4.42. The lowest BCUT2D eigenvalue weighted by molar-refractivity contribution is -0.137. The van der Waals surface area contributed by atoms with Crippen molar-refractivity contribution in [2.75, 3.05) is 12.6 Å². The third-order valence-electron chi connectivity index (χ3n) is 2.86. The van der Waals surface area contributed by atoms with Gasteiger partial charge in [-0.25, -0.2) is 15.0 Å². The van der Waals surface area contributed by atoms with Crippen LogP contribution in [0.25, 0.3) is 11.2 Å². The van der Waals surface area contributed by atoms with Crippen molar-refractivity contribution in [3.63, 3.8) is 0 Å². The van der Waals surface area contributed by atoms with Gasteiger partial charge in [-0.15, -0.1) is 0 Å². The Morgan fingerprint density at radius 1 is 1.24 bits per heavy atom. The first-order valence-electron chi connectivity index (χ1n) is 7.21. The maximum Gasteiger partial charge on any atom is 0.417 e. The molecule has 0 saturated heterocycles. The minimum Gasteiger partial charge on any atom is -0.306 e. The molecule has 6 nitrogen and oxygen atoms in total. The molecule has 0 aromatic carbocycles. The standard InChI is InChI=1S/C12H10F3N5OS2.C2H6/c1-20-9-7(3-6(4-16-9)12(13,14)15)18-10(20)23-11-17-5-8(22-11)19-21-2;1-2/h3-5,19H,1-2H3;1-2H3. The Morgan fingerprint density at radius 3 is 2.60 bits per heavy atom. The normalized spacial score (nSPS) is 11.3. The zero-order valence-corrected chi connectivity index (χ0v) is 15.5. The van der Waals surface area contributed by atoms with Crippen LogP contribution in [0.3, 0.4) is 0 Å². The number of hydrogen-bond donors (Lipinski definition) is 1. The summed E-state index contributed by atoms with van der Waals surface area (Å²) in [6.45, 7) is 4.00. The summed E-state index contributed by atoms with van der Waals surface area (Å²) in [5, 5.41) is 1.22. The van der Waals surface area contributed by atoms with E-state index in [1.54, 1.807) is 17.8 Å². The van der Waals surface area contributed by atoms with E-state index in [4.69, 9.17) is 4.84 Å². The summed E-state index contributed by atoms with van der Waals surface area (Å²) in [4.78, 5) is 17.0. The first kappa shape index (κ1) is 19.5. The van der Waals surface area contributed by atoms with Crippen molar-refractivity contribution in [1.29, 1.82) is 0 Å². The van der Waals surface area contributed by atoms with Crippen LogP contribution in [0.1, 0.15) is 19.4 Å². The summed E-state index contributed by atoms with van der Waals surface area (Å²) in [5.41, 5.74) is 2.41. The van der Waals surface area contributed by atoms with Crippen LogP contribution in [-0.4, -0.2) is 26.6 Å². The fourth-order valence-corrected chi connectivity index (χ4v) is 3.65. The van der Waals surface area contributed by atoms with E-state index >= 15 is 0 Å².